The Hall–Kier alpha value is 0.700. The molecule has 1 N–H and O–H groups in total. The Morgan fingerprint density at radius 3 is 1.46 bits per heavy atom. The summed E-state index contributed by atoms with van der Waals surface area (Å²) in [6, 6.07) is 0. The van der Waals surface area contributed by atoms with Gasteiger partial charge in [0.05, 0.1) is 70.3 Å². The zero-order valence-electron chi connectivity index (χ0n) is 17.2. The summed E-state index contributed by atoms with van der Waals surface area (Å²) < 4.78 is 21.5. The molecule has 1 rings (SSSR count). The van der Waals surface area contributed by atoms with E-state index in [1.807, 2.05) is 0 Å². The molecule has 0 saturated carbocycles. The number of nitrogens with zero attached hydrogens (tertiary/aromatic N) is 1. The number of hydrogen-bond donors (Lipinski definition) is 1. The van der Waals surface area contributed by atoms with Crippen molar-refractivity contribution in [3.8, 4) is 0 Å². The maximum Gasteiger partial charge on any atom is 1.00 e. The smallest absolute Gasteiger partial charge is 0.548 e. The van der Waals surface area contributed by atoms with Crippen LogP contribution >= 0.6 is 0 Å². The van der Waals surface area contributed by atoms with Crippen molar-refractivity contribution in [1.82, 2.24) is 10.2 Å². The van der Waals surface area contributed by atoms with Gasteiger partial charge >= 0.3 is 59.1 Å². The monoisotopic (exact) mass is 422 g/mol. The largest absolute Gasteiger partial charge is 1.00 e. The molecule has 0 aliphatic carbocycles. The van der Waals surface area contributed by atoms with Crippen LogP contribution in [0.25, 0.3) is 0 Å². The van der Waals surface area contributed by atoms with Crippen molar-refractivity contribution in [3.63, 3.8) is 0 Å². The predicted molar refractivity (Wildman–Crippen MR) is 86.1 cm³/mol. The second-order valence-electron chi connectivity index (χ2n) is 5.83. The minimum atomic E-state index is -2.27. The number of carboxylic acids is 2. The summed E-state index contributed by atoms with van der Waals surface area (Å²) in [5.41, 5.74) is -2.27. The molecule has 10 nitrogen and oxygen atoms in total. The van der Waals surface area contributed by atoms with Crippen LogP contribution in [-0.2, 0) is 28.5 Å². The van der Waals surface area contributed by atoms with E-state index in [1.165, 1.54) is 4.90 Å². The van der Waals surface area contributed by atoms with E-state index in [0.717, 1.165) is 6.92 Å². The maximum atomic E-state index is 11.4. The third kappa shape index (κ3) is 11.8. The second-order valence-corrected chi connectivity index (χ2v) is 5.83. The van der Waals surface area contributed by atoms with Crippen LogP contribution < -0.4 is 74.6 Å². The summed E-state index contributed by atoms with van der Waals surface area (Å²) in [4.78, 5) is 24.0. The zero-order chi connectivity index (χ0) is 19.3. The maximum absolute atomic E-state index is 11.4. The fourth-order valence-electron chi connectivity index (χ4n) is 2.31. The topological polar surface area (TPSA) is 132 Å². The molecule has 0 aromatic carbocycles. The number of aliphatic carboxylic acids is 2. The Bertz CT molecular complexity index is 399. The number of carboxylic acid groups (broad SMARTS) is 2. The van der Waals surface area contributed by atoms with Crippen LogP contribution in [0, 0.1) is 0 Å². The Balaban J connectivity index is 0. The van der Waals surface area contributed by atoms with Gasteiger partial charge in [0.15, 0.2) is 0 Å². The van der Waals surface area contributed by atoms with Crippen LogP contribution in [0.3, 0.4) is 0 Å². The Morgan fingerprint density at radius 1 is 0.750 bits per heavy atom. The van der Waals surface area contributed by atoms with Gasteiger partial charge in [-0.25, -0.2) is 0 Å². The fourth-order valence-corrected chi connectivity index (χ4v) is 2.31. The van der Waals surface area contributed by atoms with Gasteiger partial charge < -0.3 is 44.1 Å². The standard InChI is InChI=1S/C16H30N2O8.2Na/c1-16(14(19)20,15(21)22)18-4-8-25-12-10-23-6-2-17-3-7-24-11-13-26-9-5-18;;/h17H,2-13H2,1H3,(H,19,20)(H,21,22);;/q;2*+1/p-2. The van der Waals surface area contributed by atoms with Crippen molar-refractivity contribution < 1.29 is 97.9 Å². The number of carbonyl (C=O) groups is 2. The molecule has 1 aliphatic heterocycles. The van der Waals surface area contributed by atoms with E-state index < -0.39 is 17.5 Å². The first-order chi connectivity index (χ1) is 12.5. The minimum Gasteiger partial charge on any atom is -0.548 e. The quantitative estimate of drug-likeness (QED) is 0.345. The van der Waals surface area contributed by atoms with Gasteiger partial charge in [-0.3, -0.25) is 4.90 Å². The van der Waals surface area contributed by atoms with Crippen molar-refractivity contribution in [1.29, 1.82) is 0 Å². The Labute approximate surface area is 210 Å². The first-order valence-corrected chi connectivity index (χ1v) is 8.69. The van der Waals surface area contributed by atoms with Gasteiger partial charge in [0.1, 0.15) is 0 Å². The van der Waals surface area contributed by atoms with Crippen LogP contribution in [0.4, 0.5) is 0 Å². The zero-order valence-corrected chi connectivity index (χ0v) is 21.2. The molecular formula is C16H28N2Na2O8. The van der Waals surface area contributed by atoms with Crippen molar-refractivity contribution in [2.75, 3.05) is 79.0 Å². The first kappa shape index (κ1) is 30.9. The van der Waals surface area contributed by atoms with Gasteiger partial charge in [-0.1, -0.05) is 0 Å². The summed E-state index contributed by atoms with van der Waals surface area (Å²) in [5, 5.41) is 26.0. The average molecular weight is 422 g/mol. The van der Waals surface area contributed by atoms with E-state index in [1.54, 1.807) is 0 Å². The molecule has 152 valence electrons. The average Bonchev–Trinajstić information content (AvgIpc) is 2.60. The predicted octanol–water partition coefficient (Wildman–Crippen LogP) is -9.78. The van der Waals surface area contributed by atoms with Crippen LogP contribution in [-0.4, -0.2) is 101 Å². The van der Waals surface area contributed by atoms with Gasteiger partial charge in [0.2, 0.25) is 0 Å². The van der Waals surface area contributed by atoms with Crippen molar-refractivity contribution in [3.05, 3.63) is 0 Å². The number of nitrogens with one attached hydrogen (secondary N) is 1. The van der Waals surface area contributed by atoms with E-state index in [0.29, 0.717) is 52.7 Å². The molecule has 0 aromatic heterocycles. The SMILES string of the molecule is CC(C(=O)[O-])(C(=O)[O-])N1CCOCCOCCNCCOCCOCC1.[Na+].[Na+]. The Kier molecular flexibility index (Phi) is 20.4. The van der Waals surface area contributed by atoms with E-state index in [4.69, 9.17) is 18.9 Å². The molecule has 0 spiro atoms. The molecular weight excluding hydrogens is 394 g/mol. The molecule has 0 bridgehead atoms. The molecule has 28 heavy (non-hydrogen) atoms. The van der Waals surface area contributed by atoms with Gasteiger partial charge in [0.25, 0.3) is 0 Å². The number of ether oxygens (including phenoxy) is 4. The second kappa shape index (κ2) is 18.5. The molecule has 1 aliphatic rings. The molecule has 1 heterocycles. The fraction of sp³-hybridized carbons (Fsp3) is 0.875. The van der Waals surface area contributed by atoms with E-state index in [2.05, 4.69) is 5.32 Å². The van der Waals surface area contributed by atoms with Gasteiger partial charge in [0, 0.05) is 26.2 Å². The van der Waals surface area contributed by atoms with E-state index >= 15 is 0 Å². The van der Waals surface area contributed by atoms with Crippen molar-refractivity contribution in [2.45, 2.75) is 12.5 Å². The molecule has 0 amide bonds. The van der Waals surface area contributed by atoms with Gasteiger partial charge in [-0.2, -0.15) is 0 Å². The molecule has 1 fully saturated rings. The Morgan fingerprint density at radius 2 is 1.11 bits per heavy atom. The number of rotatable bonds is 3. The molecule has 12 heteroatoms. The van der Waals surface area contributed by atoms with Gasteiger partial charge in [-0.05, 0) is 6.92 Å². The van der Waals surface area contributed by atoms with Crippen LogP contribution in [0.1, 0.15) is 6.92 Å². The summed E-state index contributed by atoms with van der Waals surface area (Å²) in [5.74, 6) is -3.47. The van der Waals surface area contributed by atoms with Crippen LogP contribution in [0.2, 0.25) is 0 Å². The van der Waals surface area contributed by atoms with Crippen molar-refractivity contribution >= 4 is 11.9 Å². The van der Waals surface area contributed by atoms with E-state index in [9.17, 15) is 19.8 Å². The van der Waals surface area contributed by atoms with E-state index in [-0.39, 0.29) is 85.4 Å². The van der Waals surface area contributed by atoms with Crippen LogP contribution in [0.15, 0.2) is 0 Å². The third-order valence-electron chi connectivity index (χ3n) is 4.03. The normalized spacial score (nSPS) is 19.9. The number of carbonyl (C=O) groups excluding carboxylic acids is 2. The molecule has 0 aromatic rings. The minimum absolute atomic E-state index is 0. The molecule has 0 unspecified atom stereocenters. The first-order valence-electron chi connectivity index (χ1n) is 8.69. The summed E-state index contributed by atoms with van der Waals surface area (Å²) in [7, 11) is 0. The number of hydrogen-bond acceptors (Lipinski definition) is 10. The summed E-state index contributed by atoms with van der Waals surface area (Å²) in [6.45, 7) is 5.34. The van der Waals surface area contributed by atoms with Crippen LogP contribution in [0.5, 0.6) is 0 Å². The molecule has 0 atom stereocenters. The molecule has 0 radical (unpaired) electrons. The van der Waals surface area contributed by atoms with Gasteiger partial charge in [-0.15, -0.1) is 0 Å². The molecule has 1 saturated heterocycles. The van der Waals surface area contributed by atoms with Crippen molar-refractivity contribution in [2.24, 2.45) is 0 Å². The third-order valence-corrected chi connectivity index (χ3v) is 4.03. The summed E-state index contributed by atoms with van der Waals surface area (Å²) in [6.07, 6.45) is 0. The summed E-state index contributed by atoms with van der Waals surface area (Å²) >= 11 is 0.